The minimum absolute atomic E-state index is 0.00576. The lowest BCUT2D eigenvalue weighted by molar-refractivity contribution is -0.128. The summed E-state index contributed by atoms with van der Waals surface area (Å²) >= 11 is 0. The molecule has 1 saturated carbocycles. The summed E-state index contributed by atoms with van der Waals surface area (Å²) in [7, 11) is 0. The number of aryl methyl sites for hydroxylation is 1. The van der Waals surface area contributed by atoms with Gasteiger partial charge in [0.05, 0.1) is 0 Å². The van der Waals surface area contributed by atoms with Gasteiger partial charge in [0.15, 0.2) is 6.10 Å². The summed E-state index contributed by atoms with van der Waals surface area (Å²) in [5, 5.41) is 3.17. The first-order chi connectivity index (χ1) is 11.3. The quantitative estimate of drug-likeness (QED) is 0.846. The Labute approximate surface area is 147 Å². The van der Waals surface area contributed by atoms with Crippen molar-refractivity contribution in [2.45, 2.75) is 78.9 Å². The van der Waals surface area contributed by atoms with Crippen LogP contribution in [0.5, 0.6) is 5.75 Å². The van der Waals surface area contributed by atoms with Crippen LogP contribution in [0.2, 0.25) is 0 Å². The Morgan fingerprint density at radius 3 is 2.25 bits per heavy atom. The van der Waals surface area contributed by atoms with Crippen LogP contribution in [0.3, 0.4) is 0 Å². The first-order valence-electron chi connectivity index (χ1n) is 9.35. The molecule has 1 atom stereocenters. The summed E-state index contributed by atoms with van der Waals surface area (Å²) in [5.74, 6) is 1.51. The standard InChI is InChI=1S/C21H33NO2/c1-6-16-7-13-19(14-8-16)24-15(2)20(23)22-18-11-9-17(10-12-18)21(3,4)5/h7-8,13-15,17-18H,6,9-12H2,1-5H3,(H,22,23). The Hall–Kier alpha value is -1.51. The Kier molecular flexibility index (Phi) is 6.31. The van der Waals surface area contributed by atoms with Gasteiger partial charge in [-0.3, -0.25) is 4.79 Å². The Morgan fingerprint density at radius 2 is 1.75 bits per heavy atom. The molecule has 1 unspecified atom stereocenters. The summed E-state index contributed by atoms with van der Waals surface area (Å²) in [5.41, 5.74) is 1.64. The van der Waals surface area contributed by atoms with Crippen LogP contribution in [0.1, 0.15) is 65.9 Å². The van der Waals surface area contributed by atoms with Crippen LogP contribution >= 0.6 is 0 Å². The van der Waals surface area contributed by atoms with E-state index in [1.165, 1.54) is 18.4 Å². The first kappa shape index (κ1) is 18.8. The zero-order valence-electron chi connectivity index (χ0n) is 15.9. The molecule has 1 aliphatic rings. The Morgan fingerprint density at radius 1 is 1.17 bits per heavy atom. The molecule has 2 rings (SSSR count). The van der Waals surface area contributed by atoms with Gasteiger partial charge < -0.3 is 10.1 Å². The van der Waals surface area contributed by atoms with Crippen LogP contribution in [-0.2, 0) is 11.2 Å². The number of nitrogens with one attached hydrogen (secondary N) is 1. The van der Waals surface area contributed by atoms with E-state index in [0.717, 1.165) is 30.9 Å². The highest BCUT2D eigenvalue weighted by molar-refractivity contribution is 5.81. The van der Waals surface area contributed by atoms with Crippen molar-refractivity contribution in [3.63, 3.8) is 0 Å². The van der Waals surface area contributed by atoms with Crippen LogP contribution in [0.15, 0.2) is 24.3 Å². The van der Waals surface area contributed by atoms with E-state index < -0.39 is 6.10 Å². The molecule has 1 aliphatic carbocycles. The third-order valence-corrected chi connectivity index (χ3v) is 5.31. The summed E-state index contributed by atoms with van der Waals surface area (Å²) in [6, 6.07) is 8.28. The number of benzene rings is 1. The maximum absolute atomic E-state index is 12.4. The number of carbonyl (C=O) groups excluding carboxylic acids is 1. The molecular weight excluding hydrogens is 298 g/mol. The molecular formula is C21H33NO2. The van der Waals surface area contributed by atoms with Gasteiger partial charge in [-0.25, -0.2) is 0 Å². The van der Waals surface area contributed by atoms with Crippen molar-refractivity contribution in [1.29, 1.82) is 0 Å². The van der Waals surface area contributed by atoms with Crippen molar-refractivity contribution in [2.75, 3.05) is 0 Å². The van der Waals surface area contributed by atoms with Crippen LogP contribution in [-0.4, -0.2) is 18.1 Å². The fourth-order valence-electron chi connectivity index (χ4n) is 3.48. The molecule has 0 heterocycles. The van der Waals surface area contributed by atoms with Gasteiger partial charge in [-0.15, -0.1) is 0 Å². The smallest absolute Gasteiger partial charge is 0.260 e. The largest absolute Gasteiger partial charge is 0.481 e. The van der Waals surface area contributed by atoms with Crippen LogP contribution in [0.4, 0.5) is 0 Å². The molecule has 3 heteroatoms. The van der Waals surface area contributed by atoms with Gasteiger partial charge >= 0.3 is 0 Å². The fourth-order valence-corrected chi connectivity index (χ4v) is 3.48. The molecule has 1 amide bonds. The molecule has 0 bridgehead atoms. The molecule has 0 spiro atoms. The Bertz CT molecular complexity index is 522. The zero-order valence-corrected chi connectivity index (χ0v) is 15.9. The molecule has 1 aromatic carbocycles. The molecule has 1 fully saturated rings. The Balaban J connectivity index is 1.79. The van der Waals surface area contributed by atoms with E-state index in [1.54, 1.807) is 0 Å². The molecule has 0 radical (unpaired) electrons. The van der Waals surface area contributed by atoms with E-state index in [-0.39, 0.29) is 5.91 Å². The van der Waals surface area contributed by atoms with E-state index in [1.807, 2.05) is 31.2 Å². The number of hydrogen-bond donors (Lipinski definition) is 1. The third kappa shape index (κ3) is 5.25. The topological polar surface area (TPSA) is 38.3 Å². The highest BCUT2D eigenvalue weighted by atomic mass is 16.5. The fraction of sp³-hybridized carbons (Fsp3) is 0.667. The van der Waals surface area contributed by atoms with E-state index >= 15 is 0 Å². The average Bonchev–Trinajstić information content (AvgIpc) is 2.55. The van der Waals surface area contributed by atoms with Crippen LogP contribution in [0.25, 0.3) is 0 Å². The van der Waals surface area contributed by atoms with Crippen LogP contribution in [0, 0.1) is 11.3 Å². The van der Waals surface area contributed by atoms with Gasteiger partial charge in [0, 0.05) is 6.04 Å². The van der Waals surface area contributed by atoms with Gasteiger partial charge in [0.2, 0.25) is 0 Å². The first-order valence-corrected chi connectivity index (χ1v) is 9.35. The van der Waals surface area contributed by atoms with Crippen molar-refractivity contribution in [2.24, 2.45) is 11.3 Å². The van der Waals surface area contributed by atoms with Crippen molar-refractivity contribution in [3.05, 3.63) is 29.8 Å². The molecule has 1 N–H and O–H groups in total. The maximum Gasteiger partial charge on any atom is 0.260 e. The highest BCUT2D eigenvalue weighted by Crippen LogP contribution is 2.37. The van der Waals surface area contributed by atoms with E-state index in [9.17, 15) is 4.79 Å². The maximum atomic E-state index is 12.4. The molecule has 24 heavy (non-hydrogen) atoms. The van der Waals surface area contributed by atoms with Gasteiger partial charge in [0.1, 0.15) is 5.75 Å². The molecule has 1 aromatic rings. The van der Waals surface area contributed by atoms with E-state index in [2.05, 4.69) is 33.0 Å². The van der Waals surface area contributed by atoms with E-state index in [4.69, 9.17) is 4.74 Å². The second kappa shape index (κ2) is 8.04. The van der Waals surface area contributed by atoms with Crippen LogP contribution < -0.4 is 10.1 Å². The number of carbonyl (C=O) groups is 1. The molecule has 3 nitrogen and oxygen atoms in total. The predicted molar refractivity (Wildman–Crippen MR) is 99.3 cm³/mol. The van der Waals surface area contributed by atoms with Gasteiger partial charge in [0.25, 0.3) is 5.91 Å². The monoisotopic (exact) mass is 331 g/mol. The number of ether oxygens (including phenoxy) is 1. The summed E-state index contributed by atoms with van der Waals surface area (Å²) in [4.78, 5) is 12.4. The average molecular weight is 332 g/mol. The normalized spacial score (nSPS) is 22.7. The van der Waals surface area contributed by atoms with Gasteiger partial charge in [-0.1, -0.05) is 39.8 Å². The van der Waals surface area contributed by atoms with Crippen molar-refractivity contribution in [3.8, 4) is 5.75 Å². The number of rotatable bonds is 5. The van der Waals surface area contributed by atoms with Crippen molar-refractivity contribution in [1.82, 2.24) is 5.32 Å². The predicted octanol–water partition coefficient (Wildman–Crippen LogP) is 4.74. The van der Waals surface area contributed by atoms with E-state index in [0.29, 0.717) is 11.5 Å². The van der Waals surface area contributed by atoms with Crippen molar-refractivity contribution < 1.29 is 9.53 Å². The molecule has 0 aliphatic heterocycles. The summed E-state index contributed by atoms with van der Waals surface area (Å²) in [6.45, 7) is 10.9. The second-order valence-corrected chi connectivity index (χ2v) is 8.18. The highest BCUT2D eigenvalue weighted by Gasteiger charge is 2.30. The third-order valence-electron chi connectivity index (χ3n) is 5.31. The lowest BCUT2D eigenvalue weighted by Gasteiger charge is -2.37. The number of amides is 1. The van der Waals surface area contributed by atoms with Gasteiger partial charge in [-0.2, -0.15) is 0 Å². The zero-order chi connectivity index (χ0) is 17.7. The summed E-state index contributed by atoms with van der Waals surface area (Å²) in [6.07, 6.45) is 5.09. The molecule has 134 valence electrons. The minimum Gasteiger partial charge on any atom is -0.481 e. The molecule has 0 saturated heterocycles. The number of hydrogen-bond acceptors (Lipinski definition) is 2. The summed E-state index contributed by atoms with van der Waals surface area (Å²) < 4.78 is 5.78. The SMILES string of the molecule is CCc1ccc(OC(C)C(=O)NC2CCC(C(C)(C)C)CC2)cc1. The lowest BCUT2D eigenvalue weighted by atomic mass is 9.71. The second-order valence-electron chi connectivity index (χ2n) is 8.18. The lowest BCUT2D eigenvalue weighted by Crippen LogP contribution is -2.44. The minimum atomic E-state index is -0.460. The molecule has 0 aromatic heterocycles. The van der Waals surface area contributed by atoms with Gasteiger partial charge in [-0.05, 0) is 68.1 Å². The van der Waals surface area contributed by atoms with Crippen molar-refractivity contribution >= 4 is 5.91 Å².